The maximum absolute atomic E-state index is 13.5. The number of amides is 1. The highest BCUT2D eigenvalue weighted by Gasteiger charge is 2.45. The van der Waals surface area contributed by atoms with Crippen LogP contribution in [0.5, 0.6) is 0 Å². The molecule has 1 fully saturated rings. The van der Waals surface area contributed by atoms with E-state index < -0.39 is 28.6 Å². The third-order valence-corrected chi connectivity index (χ3v) is 3.56. The second-order valence-electron chi connectivity index (χ2n) is 4.25. The monoisotopic (exact) mass is 314 g/mol. The molecule has 0 heterocycles. The van der Waals surface area contributed by atoms with Crippen LogP contribution in [-0.4, -0.2) is 5.91 Å². The predicted octanol–water partition coefficient (Wildman–Crippen LogP) is 3.36. The van der Waals surface area contributed by atoms with E-state index >= 15 is 0 Å². The fraction of sp³-hybridized carbons (Fsp3) is 0.333. The third-order valence-electron chi connectivity index (χ3n) is 3.10. The van der Waals surface area contributed by atoms with Crippen LogP contribution in [0.25, 0.3) is 0 Å². The standard InChI is InChI=1S/C12H9BrF2N2O/c13-7-4-8(14)10(9(15)5-7)17-11(18)12(6-16)2-1-3-12/h4-5H,1-3H2,(H,17,18). The van der Waals surface area contributed by atoms with Gasteiger partial charge in [-0.2, -0.15) is 5.26 Å². The van der Waals surface area contributed by atoms with Crippen LogP contribution in [0.3, 0.4) is 0 Å². The van der Waals surface area contributed by atoms with Gasteiger partial charge in [-0.15, -0.1) is 0 Å². The van der Waals surface area contributed by atoms with Crippen molar-refractivity contribution in [3.63, 3.8) is 0 Å². The summed E-state index contributed by atoms with van der Waals surface area (Å²) in [5, 5.41) is 11.1. The fourth-order valence-electron chi connectivity index (χ4n) is 1.81. The average Bonchev–Trinajstić information content (AvgIpc) is 2.22. The van der Waals surface area contributed by atoms with Crippen molar-refractivity contribution in [1.29, 1.82) is 5.26 Å². The number of carbonyl (C=O) groups is 1. The van der Waals surface area contributed by atoms with E-state index in [1.807, 2.05) is 6.07 Å². The molecule has 0 saturated heterocycles. The highest BCUT2D eigenvalue weighted by Crippen LogP contribution is 2.41. The second kappa shape index (κ2) is 4.65. The number of carbonyl (C=O) groups excluding carboxylic acids is 1. The molecule has 0 aliphatic heterocycles. The van der Waals surface area contributed by atoms with E-state index in [9.17, 15) is 13.6 Å². The number of benzene rings is 1. The number of nitrogens with zero attached hydrogens (tertiary/aromatic N) is 1. The van der Waals surface area contributed by atoms with Crippen LogP contribution in [0.1, 0.15) is 19.3 Å². The third kappa shape index (κ3) is 2.10. The van der Waals surface area contributed by atoms with Gasteiger partial charge < -0.3 is 5.32 Å². The number of nitrogens with one attached hydrogen (secondary N) is 1. The molecule has 0 unspecified atom stereocenters. The molecule has 1 aromatic rings. The predicted molar refractivity (Wildman–Crippen MR) is 64.6 cm³/mol. The Balaban J connectivity index is 2.25. The SMILES string of the molecule is N#CC1(C(=O)Nc2c(F)cc(Br)cc2F)CCC1. The van der Waals surface area contributed by atoms with Crippen molar-refractivity contribution in [2.75, 3.05) is 5.32 Å². The first kappa shape index (κ1) is 13.0. The molecule has 0 radical (unpaired) electrons. The molecule has 1 amide bonds. The summed E-state index contributed by atoms with van der Waals surface area (Å²) in [5.74, 6) is -2.39. The number of halogens is 3. The van der Waals surface area contributed by atoms with Gasteiger partial charge in [-0.3, -0.25) is 4.79 Å². The van der Waals surface area contributed by atoms with E-state index in [-0.39, 0.29) is 4.47 Å². The number of hydrogen-bond acceptors (Lipinski definition) is 2. The summed E-state index contributed by atoms with van der Waals surface area (Å²) in [6, 6.07) is 4.03. The summed E-state index contributed by atoms with van der Waals surface area (Å²) >= 11 is 2.95. The van der Waals surface area contributed by atoms with Crippen LogP contribution >= 0.6 is 15.9 Å². The molecule has 1 aliphatic carbocycles. The van der Waals surface area contributed by atoms with Crippen LogP contribution in [-0.2, 0) is 4.79 Å². The minimum Gasteiger partial charge on any atom is -0.320 e. The molecule has 3 nitrogen and oxygen atoms in total. The Bertz CT molecular complexity index is 526. The number of nitriles is 1. The van der Waals surface area contributed by atoms with Gasteiger partial charge in [-0.25, -0.2) is 8.78 Å². The summed E-state index contributed by atoms with van der Waals surface area (Å²) in [7, 11) is 0. The molecule has 1 N–H and O–H groups in total. The van der Waals surface area contributed by atoms with E-state index in [0.29, 0.717) is 12.8 Å². The maximum atomic E-state index is 13.5. The van der Waals surface area contributed by atoms with Gasteiger partial charge in [0.05, 0.1) is 6.07 Å². The zero-order valence-corrected chi connectivity index (χ0v) is 10.9. The topological polar surface area (TPSA) is 52.9 Å². The van der Waals surface area contributed by atoms with Crippen LogP contribution in [0, 0.1) is 28.4 Å². The summed E-state index contributed by atoms with van der Waals surface area (Å²) < 4.78 is 27.3. The zero-order valence-electron chi connectivity index (χ0n) is 9.27. The van der Waals surface area contributed by atoms with Crippen molar-refractivity contribution in [2.45, 2.75) is 19.3 Å². The van der Waals surface area contributed by atoms with Crippen molar-refractivity contribution in [1.82, 2.24) is 0 Å². The molecule has 0 atom stereocenters. The summed E-state index contributed by atoms with van der Waals surface area (Å²) in [4.78, 5) is 11.9. The number of rotatable bonds is 2. The van der Waals surface area contributed by atoms with Crippen molar-refractivity contribution in [3.05, 3.63) is 28.2 Å². The Labute approximate surface area is 111 Å². The first-order valence-electron chi connectivity index (χ1n) is 5.36. The van der Waals surface area contributed by atoms with E-state index in [0.717, 1.165) is 18.6 Å². The Morgan fingerprint density at radius 2 is 1.94 bits per heavy atom. The molecule has 0 aromatic heterocycles. The van der Waals surface area contributed by atoms with Gasteiger partial charge in [0, 0.05) is 4.47 Å². The van der Waals surface area contributed by atoms with Gasteiger partial charge in [0.2, 0.25) is 5.91 Å². The lowest BCUT2D eigenvalue weighted by Crippen LogP contribution is -2.41. The van der Waals surface area contributed by atoms with Crippen molar-refractivity contribution in [2.24, 2.45) is 5.41 Å². The summed E-state index contributed by atoms with van der Waals surface area (Å²) in [5.41, 5.74) is -1.64. The lowest BCUT2D eigenvalue weighted by Gasteiger charge is -2.33. The highest BCUT2D eigenvalue weighted by molar-refractivity contribution is 9.10. The molecular formula is C12H9BrF2N2O. The van der Waals surface area contributed by atoms with Gasteiger partial charge in [-0.05, 0) is 31.4 Å². The number of anilines is 1. The molecule has 6 heteroatoms. The molecule has 0 bridgehead atoms. The van der Waals surface area contributed by atoms with Gasteiger partial charge in [0.15, 0.2) is 11.6 Å². The van der Waals surface area contributed by atoms with Gasteiger partial charge >= 0.3 is 0 Å². The smallest absolute Gasteiger partial charge is 0.245 e. The molecule has 1 aromatic carbocycles. The molecule has 2 rings (SSSR count). The quantitative estimate of drug-likeness (QED) is 0.910. The Morgan fingerprint density at radius 3 is 2.33 bits per heavy atom. The molecule has 1 aliphatic rings. The lowest BCUT2D eigenvalue weighted by atomic mass is 9.69. The van der Waals surface area contributed by atoms with Crippen LogP contribution in [0.4, 0.5) is 14.5 Å². The van der Waals surface area contributed by atoms with Gasteiger partial charge in [-0.1, -0.05) is 15.9 Å². The molecule has 0 spiro atoms. The van der Waals surface area contributed by atoms with E-state index in [1.54, 1.807) is 0 Å². The van der Waals surface area contributed by atoms with Gasteiger partial charge in [0.25, 0.3) is 0 Å². The van der Waals surface area contributed by atoms with E-state index in [4.69, 9.17) is 5.26 Å². The fourth-order valence-corrected chi connectivity index (χ4v) is 2.22. The van der Waals surface area contributed by atoms with E-state index in [2.05, 4.69) is 21.2 Å². The number of hydrogen-bond donors (Lipinski definition) is 1. The molecular weight excluding hydrogens is 306 g/mol. The first-order chi connectivity index (χ1) is 8.48. The average molecular weight is 315 g/mol. The second-order valence-corrected chi connectivity index (χ2v) is 5.16. The summed E-state index contributed by atoms with van der Waals surface area (Å²) in [6.45, 7) is 0. The Morgan fingerprint density at radius 1 is 1.39 bits per heavy atom. The molecule has 1 saturated carbocycles. The molecule has 94 valence electrons. The van der Waals surface area contributed by atoms with Gasteiger partial charge in [0.1, 0.15) is 11.1 Å². The van der Waals surface area contributed by atoms with Crippen molar-refractivity contribution >= 4 is 27.5 Å². The Kier molecular flexibility index (Phi) is 3.35. The highest BCUT2D eigenvalue weighted by atomic mass is 79.9. The maximum Gasteiger partial charge on any atom is 0.245 e. The molecule has 18 heavy (non-hydrogen) atoms. The minimum atomic E-state index is -1.13. The van der Waals surface area contributed by atoms with Crippen LogP contribution in [0.15, 0.2) is 16.6 Å². The van der Waals surface area contributed by atoms with E-state index in [1.165, 1.54) is 0 Å². The Hall–Kier alpha value is -1.48. The summed E-state index contributed by atoms with van der Waals surface area (Å²) in [6.07, 6.45) is 1.62. The van der Waals surface area contributed by atoms with Crippen LogP contribution < -0.4 is 5.32 Å². The minimum absolute atomic E-state index is 0.245. The van der Waals surface area contributed by atoms with Crippen molar-refractivity contribution in [3.8, 4) is 6.07 Å². The van der Waals surface area contributed by atoms with Crippen molar-refractivity contribution < 1.29 is 13.6 Å². The largest absolute Gasteiger partial charge is 0.320 e. The zero-order chi connectivity index (χ0) is 13.3. The normalized spacial score (nSPS) is 16.6. The first-order valence-corrected chi connectivity index (χ1v) is 6.15. The van der Waals surface area contributed by atoms with Crippen LogP contribution in [0.2, 0.25) is 0 Å². The lowest BCUT2D eigenvalue weighted by molar-refractivity contribution is -0.126.